The van der Waals surface area contributed by atoms with E-state index >= 15 is 0 Å². The van der Waals surface area contributed by atoms with E-state index in [9.17, 15) is 4.79 Å². The van der Waals surface area contributed by atoms with Crippen molar-refractivity contribution >= 4 is 21.8 Å². The maximum Gasteiger partial charge on any atom is 0.251 e. The minimum Gasteiger partial charge on any atom is -0.492 e. The first-order valence-electron chi connectivity index (χ1n) is 4.86. The van der Waals surface area contributed by atoms with Crippen molar-refractivity contribution in [2.75, 3.05) is 20.8 Å². The van der Waals surface area contributed by atoms with Gasteiger partial charge in [0.2, 0.25) is 0 Å². The molecular formula is C11H14BrNO3. The van der Waals surface area contributed by atoms with Crippen molar-refractivity contribution in [1.29, 1.82) is 0 Å². The Morgan fingerprint density at radius 1 is 1.50 bits per heavy atom. The number of methoxy groups -OCH3 is 1. The van der Waals surface area contributed by atoms with Crippen LogP contribution in [0.4, 0.5) is 0 Å². The van der Waals surface area contributed by atoms with E-state index in [4.69, 9.17) is 9.47 Å². The normalized spacial score (nSPS) is 9.75. The fourth-order valence-electron chi connectivity index (χ4n) is 1.30. The van der Waals surface area contributed by atoms with Crippen molar-refractivity contribution in [2.24, 2.45) is 0 Å². The topological polar surface area (TPSA) is 47.6 Å². The minimum atomic E-state index is -0.163. The maximum atomic E-state index is 11.5. The molecule has 0 saturated heterocycles. The molecule has 0 aliphatic carbocycles. The van der Waals surface area contributed by atoms with Crippen molar-refractivity contribution in [2.45, 2.75) is 6.92 Å². The number of amides is 1. The summed E-state index contributed by atoms with van der Waals surface area (Å²) in [6, 6.07) is 3.35. The fourth-order valence-corrected chi connectivity index (χ4v) is 1.91. The average molecular weight is 288 g/mol. The third-order valence-electron chi connectivity index (χ3n) is 2.00. The lowest BCUT2D eigenvalue weighted by atomic mass is 10.2. The Kier molecular flexibility index (Phi) is 4.61. The van der Waals surface area contributed by atoms with Crippen molar-refractivity contribution in [3.05, 3.63) is 22.2 Å². The lowest BCUT2D eigenvalue weighted by Gasteiger charge is -2.12. The molecule has 0 heterocycles. The molecule has 0 aliphatic rings. The molecule has 1 aromatic carbocycles. The Balaban J connectivity index is 3.22. The number of hydrogen-bond donors (Lipinski definition) is 1. The van der Waals surface area contributed by atoms with Crippen LogP contribution in [0.5, 0.6) is 11.5 Å². The number of benzene rings is 1. The van der Waals surface area contributed by atoms with E-state index in [2.05, 4.69) is 21.2 Å². The molecular weight excluding hydrogens is 274 g/mol. The van der Waals surface area contributed by atoms with Crippen LogP contribution in [-0.4, -0.2) is 26.7 Å². The summed E-state index contributed by atoms with van der Waals surface area (Å²) in [5, 5.41) is 2.56. The van der Waals surface area contributed by atoms with E-state index in [1.54, 1.807) is 26.3 Å². The number of halogens is 1. The van der Waals surface area contributed by atoms with E-state index in [-0.39, 0.29) is 5.91 Å². The molecule has 0 unspecified atom stereocenters. The van der Waals surface area contributed by atoms with Crippen LogP contribution in [0, 0.1) is 0 Å². The van der Waals surface area contributed by atoms with Crippen LogP contribution >= 0.6 is 15.9 Å². The Bertz CT molecular complexity index is 393. The zero-order valence-corrected chi connectivity index (χ0v) is 11.1. The van der Waals surface area contributed by atoms with Crippen molar-refractivity contribution in [3.8, 4) is 11.5 Å². The van der Waals surface area contributed by atoms with Crippen LogP contribution in [-0.2, 0) is 0 Å². The Morgan fingerprint density at radius 3 is 2.69 bits per heavy atom. The van der Waals surface area contributed by atoms with Gasteiger partial charge in [0.25, 0.3) is 5.91 Å². The van der Waals surface area contributed by atoms with Crippen LogP contribution < -0.4 is 14.8 Å². The largest absolute Gasteiger partial charge is 0.492 e. The van der Waals surface area contributed by atoms with E-state index in [1.165, 1.54) is 0 Å². The van der Waals surface area contributed by atoms with E-state index in [0.29, 0.717) is 28.1 Å². The highest BCUT2D eigenvalue weighted by molar-refractivity contribution is 9.10. The summed E-state index contributed by atoms with van der Waals surface area (Å²) in [6.07, 6.45) is 0. The van der Waals surface area contributed by atoms with Gasteiger partial charge in [-0.05, 0) is 35.0 Å². The number of ether oxygens (including phenoxy) is 2. The van der Waals surface area contributed by atoms with Crippen LogP contribution in [0.3, 0.4) is 0 Å². The predicted octanol–water partition coefficient (Wildman–Crippen LogP) is 2.22. The molecule has 0 aromatic heterocycles. The molecule has 1 N–H and O–H groups in total. The number of carbonyl (C=O) groups excluding carboxylic acids is 1. The molecule has 88 valence electrons. The van der Waals surface area contributed by atoms with Gasteiger partial charge in [0.15, 0.2) is 11.5 Å². The van der Waals surface area contributed by atoms with E-state index in [1.807, 2.05) is 6.92 Å². The third-order valence-corrected chi connectivity index (χ3v) is 2.59. The van der Waals surface area contributed by atoms with Gasteiger partial charge in [-0.3, -0.25) is 4.79 Å². The third kappa shape index (κ3) is 2.66. The van der Waals surface area contributed by atoms with Gasteiger partial charge in [0, 0.05) is 12.6 Å². The van der Waals surface area contributed by atoms with Crippen LogP contribution in [0.2, 0.25) is 0 Å². The molecule has 0 bridgehead atoms. The molecule has 0 aliphatic heterocycles. The van der Waals surface area contributed by atoms with Crippen LogP contribution in [0.25, 0.3) is 0 Å². The summed E-state index contributed by atoms with van der Waals surface area (Å²) in [6.45, 7) is 2.39. The molecule has 1 rings (SSSR count). The maximum absolute atomic E-state index is 11.5. The molecule has 0 fully saturated rings. The fraction of sp³-hybridized carbons (Fsp3) is 0.364. The minimum absolute atomic E-state index is 0.163. The summed E-state index contributed by atoms with van der Waals surface area (Å²) in [7, 11) is 3.14. The van der Waals surface area contributed by atoms with Gasteiger partial charge in [-0.1, -0.05) is 0 Å². The van der Waals surface area contributed by atoms with Crippen LogP contribution in [0.1, 0.15) is 17.3 Å². The molecule has 5 heteroatoms. The monoisotopic (exact) mass is 287 g/mol. The smallest absolute Gasteiger partial charge is 0.251 e. The Morgan fingerprint density at radius 2 is 2.19 bits per heavy atom. The van der Waals surface area contributed by atoms with E-state index < -0.39 is 0 Å². The molecule has 4 nitrogen and oxygen atoms in total. The van der Waals surface area contributed by atoms with E-state index in [0.717, 1.165) is 0 Å². The van der Waals surface area contributed by atoms with Gasteiger partial charge < -0.3 is 14.8 Å². The highest BCUT2D eigenvalue weighted by Crippen LogP contribution is 2.36. The molecule has 1 amide bonds. The summed E-state index contributed by atoms with van der Waals surface area (Å²) < 4.78 is 11.3. The quantitative estimate of drug-likeness (QED) is 0.924. The molecule has 1 aromatic rings. The molecule has 0 radical (unpaired) electrons. The molecule has 16 heavy (non-hydrogen) atoms. The van der Waals surface area contributed by atoms with Crippen LogP contribution in [0.15, 0.2) is 16.6 Å². The first kappa shape index (κ1) is 12.8. The standard InChI is InChI=1S/C11H14BrNO3/c1-4-16-9-6-7(11(14)13-2)5-8(12)10(9)15-3/h5-6H,4H2,1-3H3,(H,13,14). The zero-order valence-electron chi connectivity index (χ0n) is 9.46. The summed E-state index contributed by atoms with van der Waals surface area (Å²) >= 11 is 3.34. The predicted molar refractivity (Wildman–Crippen MR) is 65.3 cm³/mol. The molecule has 0 atom stereocenters. The van der Waals surface area contributed by atoms with Gasteiger partial charge >= 0.3 is 0 Å². The van der Waals surface area contributed by atoms with Gasteiger partial charge in [-0.25, -0.2) is 0 Å². The second-order valence-corrected chi connectivity index (χ2v) is 3.86. The molecule has 0 saturated carbocycles. The lowest BCUT2D eigenvalue weighted by molar-refractivity contribution is 0.0962. The van der Waals surface area contributed by atoms with Gasteiger partial charge in [-0.2, -0.15) is 0 Å². The van der Waals surface area contributed by atoms with Gasteiger partial charge in [0.1, 0.15) is 0 Å². The highest BCUT2D eigenvalue weighted by Gasteiger charge is 2.14. The second kappa shape index (κ2) is 5.75. The summed E-state index contributed by atoms with van der Waals surface area (Å²) in [4.78, 5) is 11.5. The first-order chi connectivity index (χ1) is 7.63. The number of carbonyl (C=O) groups is 1. The average Bonchev–Trinajstić information content (AvgIpc) is 2.28. The Hall–Kier alpha value is -1.23. The summed E-state index contributed by atoms with van der Waals surface area (Å²) in [5.41, 5.74) is 0.527. The SMILES string of the molecule is CCOc1cc(C(=O)NC)cc(Br)c1OC. The number of rotatable bonds is 4. The van der Waals surface area contributed by atoms with Crippen molar-refractivity contribution in [3.63, 3.8) is 0 Å². The van der Waals surface area contributed by atoms with Crippen molar-refractivity contribution in [1.82, 2.24) is 5.32 Å². The summed E-state index contributed by atoms with van der Waals surface area (Å²) in [5.74, 6) is 0.983. The Labute approximate surface area is 103 Å². The van der Waals surface area contributed by atoms with Gasteiger partial charge in [-0.15, -0.1) is 0 Å². The number of nitrogens with one attached hydrogen (secondary N) is 1. The first-order valence-corrected chi connectivity index (χ1v) is 5.65. The van der Waals surface area contributed by atoms with Crippen molar-refractivity contribution < 1.29 is 14.3 Å². The highest BCUT2D eigenvalue weighted by atomic mass is 79.9. The lowest BCUT2D eigenvalue weighted by Crippen LogP contribution is -2.18. The zero-order chi connectivity index (χ0) is 12.1. The molecule has 0 spiro atoms. The number of hydrogen-bond acceptors (Lipinski definition) is 3. The van der Waals surface area contributed by atoms with Gasteiger partial charge in [0.05, 0.1) is 18.2 Å². The second-order valence-electron chi connectivity index (χ2n) is 3.00.